The molecule has 0 spiro atoms. The van der Waals surface area contributed by atoms with Crippen molar-refractivity contribution in [2.24, 2.45) is 7.05 Å². The highest BCUT2D eigenvalue weighted by Gasteiger charge is 2.18. The number of hydrogen-bond acceptors (Lipinski definition) is 3. The Hall–Kier alpha value is -2.10. The van der Waals surface area contributed by atoms with E-state index in [-0.39, 0.29) is 5.43 Å². The Labute approximate surface area is 123 Å². The third kappa shape index (κ3) is 1.97. The Morgan fingerprint density at radius 1 is 1.29 bits per heavy atom. The summed E-state index contributed by atoms with van der Waals surface area (Å²) in [7, 11) is 2.01. The molecule has 1 fully saturated rings. The molecule has 3 aromatic rings. The minimum atomic E-state index is 0.0364. The molecule has 0 aliphatic heterocycles. The molecule has 4 nitrogen and oxygen atoms in total. The van der Waals surface area contributed by atoms with Gasteiger partial charge in [0.05, 0.1) is 11.2 Å². The van der Waals surface area contributed by atoms with Crippen LogP contribution in [0.2, 0.25) is 0 Å². The van der Waals surface area contributed by atoms with E-state index in [1.807, 2.05) is 25.4 Å². The molecule has 1 N–H and O–H groups in total. The molecule has 0 bridgehead atoms. The van der Waals surface area contributed by atoms with Crippen LogP contribution in [0.25, 0.3) is 21.8 Å². The number of aryl methyl sites for hydroxylation is 1. The number of anilines is 1. The van der Waals surface area contributed by atoms with Crippen LogP contribution in [0, 0.1) is 0 Å². The number of nitrogens with zero attached hydrogens (tertiary/aromatic N) is 2. The van der Waals surface area contributed by atoms with Crippen molar-refractivity contribution in [2.75, 3.05) is 5.32 Å². The highest BCUT2D eigenvalue weighted by Crippen LogP contribution is 2.27. The summed E-state index contributed by atoms with van der Waals surface area (Å²) in [6.45, 7) is 0. The van der Waals surface area contributed by atoms with Crippen LogP contribution in [0.5, 0.6) is 0 Å². The molecule has 0 radical (unpaired) electrons. The van der Waals surface area contributed by atoms with Crippen molar-refractivity contribution < 1.29 is 0 Å². The first-order valence-corrected chi connectivity index (χ1v) is 7.71. The first-order chi connectivity index (χ1) is 10.2. The summed E-state index contributed by atoms with van der Waals surface area (Å²) < 4.78 is 2.06. The second kappa shape index (κ2) is 4.72. The summed E-state index contributed by atoms with van der Waals surface area (Å²) in [6.07, 6.45) is 9.94. The minimum absolute atomic E-state index is 0.0364. The Kier molecular flexibility index (Phi) is 2.84. The number of aromatic nitrogens is 2. The van der Waals surface area contributed by atoms with Gasteiger partial charge >= 0.3 is 0 Å². The van der Waals surface area contributed by atoms with Crippen LogP contribution in [0.15, 0.2) is 29.3 Å². The Morgan fingerprint density at radius 3 is 2.90 bits per heavy atom. The summed E-state index contributed by atoms with van der Waals surface area (Å²) in [5.41, 5.74) is 2.40. The normalized spacial score (nSPS) is 16.8. The van der Waals surface area contributed by atoms with Gasteiger partial charge in [-0.25, -0.2) is 0 Å². The zero-order valence-corrected chi connectivity index (χ0v) is 12.2. The molecule has 4 heteroatoms. The van der Waals surface area contributed by atoms with E-state index in [1.54, 1.807) is 6.20 Å². The van der Waals surface area contributed by atoms with Crippen molar-refractivity contribution in [1.29, 1.82) is 0 Å². The first kappa shape index (κ1) is 12.6. The second-order valence-electron chi connectivity index (χ2n) is 6.12. The van der Waals surface area contributed by atoms with Crippen LogP contribution in [0.4, 0.5) is 5.69 Å². The Bertz CT molecular complexity index is 846. The zero-order valence-electron chi connectivity index (χ0n) is 12.2. The predicted octanol–water partition coefficient (Wildman–Crippen LogP) is 3.27. The maximum Gasteiger partial charge on any atom is 0.227 e. The van der Waals surface area contributed by atoms with E-state index in [9.17, 15) is 4.79 Å². The van der Waals surface area contributed by atoms with Crippen molar-refractivity contribution in [3.63, 3.8) is 0 Å². The van der Waals surface area contributed by atoms with Crippen molar-refractivity contribution in [2.45, 2.75) is 38.1 Å². The molecule has 0 unspecified atom stereocenters. The molecular weight excluding hydrogens is 262 g/mol. The second-order valence-corrected chi connectivity index (χ2v) is 6.12. The summed E-state index contributed by atoms with van der Waals surface area (Å²) in [5, 5.41) is 5.49. The monoisotopic (exact) mass is 281 g/mol. The fraction of sp³-hybridized carbons (Fsp3) is 0.412. The third-order valence-corrected chi connectivity index (χ3v) is 4.68. The molecular formula is C17H19N3O. The molecule has 4 rings (SSSR count). The molecule has 2 aromatic heterocycles. The lowest BCUT2D eigenvalue weighted by Gasteiger charge is -2.23. The van der Waals surface area contributed by atoms with Gasteiger partial charge in [-0.2, -0.15) is 0 Å². The maximum absolute atomic E-state index is 12.6. The summed E-state index contributed by atoms with van der Waals surface area (Å²) in [5.74, 6) is 0. The predicted molar refractivity (Wildman–Crippen MR) is 86.2 cm³/mol. The van der Waals surface area contributed by atoms with Gasteiger partial charge in [-0.05, 0) is 25.0 Å². The number of hydrogen-bond donors (Lipinski definition) is 1. The van der Waals surface area contributed by atoms with E-state index in [0.717, 1.165) is 29.1 Å². The maximum atomic E-state index is 12.6. The largest absolute Gasteiger partial charge is 0.379 e. The molecule has 0 amide bonds. The number of pyridine rings is 1. The summed E-state index contributed by atoms with van der Waals surface area (Å²) in [4.78, 5) is 17.0. The van der Waals surface area contributed by atoms with Crippen molar-refractivity contribution >= 4 is 27.5 Å². The van der Waals surface area contributed by atoms with E-state index in [0.29, 0.717) is 17.2 Å². The molecule has 1 saturated carbocycles. The average Bonchev–Trinajstić information content (AvgIpc) is 2.93. The van der Waals surface area contributed by atoms with Crippen LogP contribution in [0.1, 0.15) is 32.1 Å². The highest BCUT2D eigenvalue weighted by atomic mass is 16.1. The van der Waals surface area contributed by atoms with Crippen LogP contribution in [-0.4, -0.2) is 15.6 Å². The molecule has 1 aliphatic rings. The minimum Gasteiger partial charge on any atom is -0.379 e. The van der Waals surface area contributed by atoms with E-state index < -0.39 is 0 Å². The van der Waals surface area contributed by atoms with Crippen LogP contribution < -0.4 is 10.7 Å². The van der Waals surface area contributed by atoms with Crippen LogP contribution in [0.3, 0.4) is 0 Å². The molecule has 0 saturated heterocycles. The Balaban J connectivity index is 1.87. The summed E-state index contributed by atoms with van der Waals surface area (Å²) in [6, 6.07) is 4.43. The lowest BCUT2D eigenvalue weighted by Crippen LogP contribution is -2.25. The molecule has 1 aliphatic carbocycles. The fourth-order valence-electron chi connectivity index (χ4n) is 3.49. The van der Waals surface area contributed by atoms with Gasteiger partial charge in [-0.3, -0.25) is 9.78 Å². The number of rotatable bonds is 2. The van der Waals surface area contributed by atoms with Gasteiger partial charge in [0, 0.05) is 36.3 Å². The number of benzene rings is 1. The van der Waals surface area contributed by atoms with Gasteiger partial charge < -0.3 is 9.88 Å². The van der Waals surface area contributed by atoms with Gasteiger partial charge in [-0.1, -0.05) is 19.3 Å². The molecule has 2 heterocycles. The van der Waals surface area contributed by atoms with E-state index in [1.165, 1.54) is 19.3 Å². The number of nitrogens with one attached hydrogen (secondary N) is 1. The smallest absolute Gasteiger partial charge is 0.227 e. The highest BCUT2D eigenvalue weighted by molar-refractivity contribution is 6.09. The van der Waals surface area contributed by atoms with Gasteiger partial charge in [-0.15, -0.1) is 0 Å². The Morgan fingerprint density at radius 2 is 2.10 bits per heavy atom. The van der Waals surface area contributed by atoms with Crippen molar-refractivity contribution in [1.82, 2.24) is 9.55 Å². The first-order valence-electron chi connectivity index (χ1n) is 7.71. The molecule has 0 atom stereocenters. The molecule has 108 valence electrons. The standard InChI is InChI=1S/C17H19N3O/c1-20-8-7-11-10-18-16-15(11)14(20)9-13(17(16)21)19-12-5-3-2-4-6-12/h7-10,12,19H,2-6H2,1H3. The fourth-order valence-corrected chi connectivity index (χ4v) is 3.49. The average molecular weight is 281 g/mol. The van der Waals surface area contributed by atoms with Gasteiger partial charge in [0.1, 0.15) is 5.52 Å². The SMILES string of the molecule is Cn1ccc2cnc3c(=O)c(NC4CCCCC4)cc1c23. The van der Waals surface area contributed by atoms with Gasteiger partial charge in [0.25, 0.3) is 0 Å². The third-order valence-electron chi connectivity index (χ3n) is 4.68. The van der Waals surface area contributed by atoms with Crippen LogP contribution in [-0.2, 0) is 7.05 Å². The van der Waals surface area contributed by atoms with Crippen LogP contribution >= 0.6 is 0 Å². The van der Waals surface area contributed by atoms with Gasteiger partial charge in [0.15, 0.2) is 0 Å². The lowest BCUT2D eigenvalue weighted by atomic mass is 9.95. The molecule has 21 heavy (non-hydrogen) atoms. The van der Waals surface area contributed by atoms with Crippen molar-refractivity contribution in [3.05, 3.63) is 34.7 Å². The van der Waals surface area contributed by atoms with E-state index in [2.05, 4.69) is 14.9 Å². The van der Waals surface area contributed by atoms with Crippen molar-refractivity contribution in [3.8, 4) is 0 Å². The topological polar surface area (TPSA) is 46.9 Å². The van der Waals surface area contributed by atoms with Gasteiger partial charge in [0.2, 0.25) is 5.43 Å². The summed E-state index contributed by atoms with van der Waals surface area (Å²) >= 11 is 0. The van der Waals surface area contributed by atoms with E-state index >= 15 is 0 Å². The quantitative estimate of drug-likeness (QED) is 0.784. The lowest BCUT2D eigenvalue weighted by molar-refractivity contribution is 0.462. The molecule has 1 aromatic carbocycles. The van der Waals surface area contributed by atoms with E-state index in [4.69, 9.17) is 0 Å². The zero-order chi connectivity index (χ0) is 14.4.